The SMILES string of the molecule is CCCCN(Cc1cccc(CNC2CC2)c1)C(C)CC. The Balaban J connectivity index is 1.92. The first kappa shape index (κ1) is 16.5. The van der Waals surface area contributed by atoms with Gasteiger partial charge in [-0.1, -0.05) is 44.5 Å². The summed E-state index contributed by atoms with van der Waals surface area (Å²) < 4.78 is 0. The number of unbranched alkanes of at least 4 members (excludes halogenated alkanes) is 1. The van der Waals surface area contributed by atoms with E-state index in [-0.39, 0.29) is 0 Å². The second kappa shape index (κ2) is 8.55. The summed E-state index contributed by atoms with van der Waals surface area (Å²) in [5.74, 6) is 0. The lowest BCUT2D eigenvalue weighted by Crippen LogP contribution is -2.33. The highest BCUT2D eigenvalue weighted by atomic mass is 15.1. The Hall–Kier alpha value is -0.860. The van der Waals surface area contributed by atoms with E-state index in [2.05, 4.69) is 55.3 Å². The molecule has 1 aliphatic rings. The van der Waals surface area contributed by atoms with Crippen molar-refractivity contribution in [2.75, 3.05) is 6.54 Å². The molecule has 1 saturated carbocycles. The Morgan fingerprint density at radius 2 is 2.00 bits per heavy atom. The van der Waals surface area contributed by atoms with E-state index >= 15 is 0 Å². The fourth-order valence-electron chi connectivity index (χ4n) is 2.70. The Morgan fingerprint density at radius 3 is 2.67 bits per heavy atom. The van der Waals surface area contributed by atoms with Gasteiger partial charge in [0.25, 0.3) is 0 Å². The predicted molar refractivity (Wildman–Crippen MR) is 91.4 cm³/mol. The summed E-state index contributed by atoms with van der Waals surface area (Å²) in [6, 6.07) is 10.6. The number of rotatable bonds is 10. The van der Waals surface area contributed by atoms with Crippen LogP contribution < -0.4 is 5.32 Å². The van der Waals surface area contributed by atoms with Crippen LogP contribution in [-0.2, 0) is 13.1 Å². The maximum Gasteiger partial charge on any atom is 0.0236 e. The third-order valence-electron chi connectivity index (χ3n) is 4.56. The molecule has 0 heterocycles. The van der Waals surface area contributed by atoms with Crippen molar-refractivity contribution in [2.45, 2.75) is 78.0 Å². The summed E-state index contributed by atoms with van der Waals surface area (Å²) in [5, 5.41) is 3.61. The number of benzene rings is 1. The van der Waals surface area contributed by atoms with E-state index < -0.39 is 0 Å². The van der Waals surface area contributed by atoms with Gasteiger partial charge in [-0.15, -0.1) is 0 Å². The first-order valence-electron chi connectivity index (χ1n) is 8.78. The van der Waals surface area contributed by atoms with Gasteiger partial charge in [-0.2, -0.15) is 0 Å². The minimum absolute atomic E-state index is 0.671. The largest absolute Gasteiger partial charge is 0.310 e. The maximum atomic E-state index is 3.61. The molecule has 0 aromatic heterocycles. The molecule has 1 N–H and O–H groups in total. The molecular weight excluding hydrogens is 256 g/mol. The lowest BCUT2D eigenvalue weighted by atomic mass is 10.1. The van der Waals surface area contributed by atoms with Crippen LogP contribution in [0.1, 0.15) is 64.0 Å². The number of hydrogen-bond donors (Lipinski definition) is 1. The van der Waals surface area contributed by atoms with Crippen molar-refractivity contribution in [2.24, 2.45) is 0 Å². The van der Waals surface area contributed by atoms with Crippen molar-refractivity contribution in [3.8, 4) is 0 Å². The van der Waals surface area contributed by atoms with Gasteiger partial charge in [-0.25, -0.2) is 0 Å². The summed E-state index contributed by atoms with van der Waals surface area (Å²) in [5.41, 5.74) is 2.89. The van der Waals surface area contributed by atoms with Crippen LogP contribution >= 0.6 is 0 Å². The highest BCUT2D eigenvalue weighted by molar-refractivity contribution is 5.23. The molecule has 2 heteroatoms. The Kier molecular flexibility index (Phi) is 6.72. The van der Waals surface area contributed by atoms with Gasteiger partial charge in [0.15, 0.2) is 0 Å². The molecule has 1 unspecified atom stereocenters. The molecule has 0 saturated heterocycles. The average molecular weight is 288 g/mol. The summed E-state index contributed by atoms with van der Waals surface area (Å²) in [6.07, 6.45) is 6.52. The van der Waals surface area contributed by atoms with E-state index in [1.54, 1.807) is 0 Å². The van der Waals surface area contributed by atoms with Crippen molar-refractivity contribution in [1.29, 1.82) is 0 Å². The molecule has 1 aliphatic carbocycles. The molecule has 118 valence electrons. The summed E-state index contributed by atoms with van der Waals surface area (Å²) in [4.78, 5) is 2.64. The maximum absolute atomic E-state index is 3.61. The molecule has 21 heavy (non-hydrogen) atoms. The second-order valence-corrected chi connectivity index (χ2v) is 6.56. The molecule has 1 aromatic carbocycles. The summed E-state index contributed by atoms with van der Waals surface area (Å²) in [7, 11) is 0. The smallest absolute Gasteiger partial charge is 0.0236 e. The molecular formula is C19H32N2. The van der Waals surface area contributed by atoms with Crippen LogP contribution in [0, 0.1) is 0 Å². The predicted octanol–water partition coefficient (Wildman–Crippen LogP) is 4.34. The quantitative estimate of drug-likeness (QED) is 0.689. The van der Waals surface area contributed by atoms with Gasteiger partial charge < -0.3 is 5.32 Å². The van der Waals surface area contributed by atoms with Crippen LogP contribution in [0.5, 0.6) is 0 Å². The van der Waals surface area contributed by atoms with Crippen LogP contribution in [0.4, 0.5) is 0 Å². The fraction of sp³-hybridized carbons (Fsp3) is 0.684. The normalized spacial score (nSPS) is 16.4. The van der Waals surface area contributed by atoms with E-state index in [0.717, 1.165) is 19.1 Å². The number of hydrogen-bond acceptors (Lipinski definition) is 2. The Bertz CT molecular complexity index is 412. The summed E-state index contributed by atoms with van der Waals surface area (Å²) in [6.45, 7) is 10.3. The molecule has 0 spiro atoms. The van der Waals surface area contributed by atoms with Crippen molar-refractivity contribution in [3.63, 3.8) is 0 Å². The van der Waals surface area contributed by atoms with Crippen LogP contribution in [0.15, 0.2) is 24.3 Å². The molecule has 2 rings (SSSR count). The minimum Gasteiger partial charge on any atom is -0.310 e. The van der Waals surface area contributed by atoms with Gasteiger partial charge in [-0.3, -0.25) is 4.90 Å². The molecule has 0 bridgehead atoms. The highest BCUT2D eigenvalue weighted by Gasteiger charge is 2.20. The average Bonchev–Trinajstić information content (AvgIpc) is 3.33. The van der Waals surface area contributed by atoms with Gasteiger partial charge in [0.2, 0.25) is 0 Å². The monoisotopic (exact) mass is 288 g/mol. The van der Waals surface area contributed by atoms with Gasteiger partial charge in [0, 0.05) is 25.2 Å². The Labute approximate surface area is 130 Å². The zero-order chi connectivity index (χ0) is 15.1. The zero-order valence-electron chi connectivity index (χ0n) is 14.1. The summed E-state index contributed by atoms with van der Waals surface area (Å²) >= 11 is 0. The molecule has 0 aliphatic heterocycles. The molecule has 2 nitrogen and oxygen atoms in total. The van der Waals surface area contributed by atoms with Crippen molar-refractivity contribution in [1.82, 2.24) is 10.2 Å². The fourth-order valence-corrected chi connectivity index (χ4v) is 2.70. The topological polar surface area (TPSA) is 15.3 Å². The third-order valence-corrected chi connectivity index (χ3v) is 4.56. The molecule has 0 amide bonds. The highest BCUT2D eigenvalue weighted by Crippen LogP contribution is 2.20. The molecule has 1 aromatic rings. The van der Waals surface area contributed by atoms with E-state index in [1.165, 1.54) is 49.8 Å². The lowest BCUT2D eigenvalue weighted by Gasteiger charge is -2.28. The van der Waals surface area contributed by atoms with Crippen LogP contribution in [-0.4, -0.2) is 23.5 Å². The standard InChI is InChI=1S/C19H32N2/c1-4-6-12-21(16(3)5-2)15-18-9-7-8-17(13-18)14-20-19-10-11-19/h7-9,13,16,19-20H,4-6,10-12,14-15H2,1-3H3. The van der Waals surface area contributed by atoms with E-state index in [9.17, 15) is 0 Å². The van der Waals surface area contributed by atoms with Gasteiger partial charge in [0.05, 0.1) is 0 Å². The Morgan fingerprint density at radius 1 is 1.24 bits per heavy atom. The lowest BCUT2D eigenvalue weighted by molar-refractivity contribution is 0.192. The van der Waals surface area contributed by atoms with Gasteiger partial charge >= 0.3 is 0 Å². The van der Waals surface area contributed by atoms with Crippen LogP contribution in [0.2, 0.25) is 0 Å². The van der Waals surface area contributed by atoms with E-state index in [1.807, 2.05) is 0 Å². The molecule has 1 fully saturated rings. The molecule has 1 atom stereocenters. The second-order valence-electron chi connectivity index (χ2n) is 6.56. The zero-order valence-corrected chi connectivity index (χ0v) is 14.1. The van der Waals surface area contributed by atoms with E-state index in [4.69, 9.17) is 0 Å². The van der Waals surface area contributed by atoms with Crippen molar-refractivity contribution >= 4 is 0 Å². The van der Waals surface area contributed by atoms with Crippen molar-refractivity contribution < 1.29 is 0 Å². The van der Waals surface area contributed by atoms with Crippen molar-refractivity contribution in [3.05, 3.63) is 35.4 Å². The first-order valence-corrected chi connectivity index (χ1v) is 8.78. The van der Waals surface area contributed by atoms with Gasteiger partial charge in [0.1, 0.15) is 0 Å². The molecule has 0 radical (unpaired) electrons. The minimum atomic E-state index is 0.671. The first-order chi connectivity index (χ1) is 10.2. The van der Waals surface area contributed by atoms with Crippen LogP contribution in [0.3, 0.4) is 0 Å². The number of nitrogens with zero attached hydrogens (tertiary/aromatic N) is 1. The number of nitrogens with one attached hydrogen (secondary N) is 1. The van der Waals surface area contributed by atoms with Crippen LogP contribution in [0.25, 0.3) is 0 Å². The van der Waals surface area contributed by atoms with E-state index in [0.29, 0.717) is 6.04 Å². The van der Waals surface area contributed by atoms with Gasteiger partial charge in [-0.05, 0) is 50.3 Å². The third kappa shape index (κ3) is 5.80.